The number of nitrogens with zero attached hydrogens (tertiary/aromatic N) is 2. The van der Waals surface area contributed by atoms with Crippen LogP contribution in [0.3, 0.4) is 0 Å². The minimum Gasteiger partial charge on any atom is -0.341 e. The van der Waals surface area contributed by atoms with E-state index in [1.165, 1.54) is 78.3 Å². The van der Waals surface area contributed by atoms with Gasteiger partial charge in [-0.25, -0.2) is 0 Å². The van der Waals surface area contributed by atoms with Gasteiger partial charge in [-0.05, 0) is 122 Å². The Morgan fingerprint density at radius 1 is 0.767 bits per heavy atom. The number of hydrogen-bond donors (Lipinski definition) is 0. The molecule has 292 valence electrons. The van der Waals surface area contributed by atoms with E-state index < -0.39 is 0 Å². The van der Waals surface area contributed by atoms with Crippen LogP contribution >= 0.6 is 0 Å². The third-order valence-corrected chi connectivity index (χ3v) is 13.0. The highest BCUT2D eigenvalue weighted by Crippen LogP contribution is 2.51. The van der Waals surface area contributed by atoms with Crippen LogP contribution in [0.2, 0.25) is 0 Å². The Labute approximate surface area is 355 Å². The van der Waals surface area contributed by atoms with Crippen molar-refractivity contribution < 1.29 is 0 Å². The average Bonchev–Trinajstić information content (AvgIpc) is 3.37. The first kappa shape index (κ1) is 37.5. The van der Waals surface area contributed by atoms with E-state index in [0.29, 0.717) is 0 Å². The third-order valence-electron chi connectivity index (χ3n) is 13.0. The van der Waals surface area contributed by atoms with Crippen molar-refractivity contribution in [2.24, 2.45) is 10.9 Å². The summed E-state index contributed by atoms with van der Waals surface area (Å²) >= 11 is 0. The van der Waals surface area contributed by atoms with Gasteiger partial charge in [0.1, 0.15) is 0 Å². The zero-order chi connectivity index (χ0) is 41.1. The Balaban J connectivity index is 1.02. The minimum absolute atomic E-state index is 0.119. The lowest BCUT2D eigenvalue weighted by Gasteiger charge is -2.32. The highest BCUT2D eigenvalue weighted by molar-refractivity contribution is 6.18. The van der Waals surface area contributed by atoms with Crippen molar-refractivity contribution in [2.45, 2.75) is 46.0 Å². The molecule has 0 spiro atoms. The van der Waals surface area contributed by atoms with Gasteiger partial charge in [0.05, 0.1) is 5.69 Å². The Bertz CT molecular complexity index is 3050. The van der Waals surface area contributed by atoms with Crippen molar-refractivity contribution in [3.63, 3.8) is 0 Å². The number of fused-ring (bicyclic) bond motifs is 8. The highest BCUT2D eigenvalue weighted by atomic mass is 15.1. The molecule has 10 rings (SSSR count). The fourth-order valence-corrected chi connectivity index (χ4v) is 9.87. The van der Waals surface area contributed by atoms with Crippen molar-refractivity contribution in [1.29, 1.82) is 0 Å². The number of benzene rings is 7. The fourth-order valence-electron chi connectivity index (χ4n) is 9.87. The van der Waals surface area contributed by atoms with Gasteiger partial charge in [-0.1, -0.05) is 173 Å². The third kappa shape index (κ3) is 6.30. The lowest BCUT2D eigenvalue weighted by molar-refractivity contribution is 0.659. The second-order valence-electron chi connectivity index (χ2n) is 17.3. The maximum absolute atomic E-state index is 5.33. The monoisotopic (exact) mass is 774 g/mol. The lowest BCUT2D eigenvalue weighted by atomic mass is 9.81. The highest BCUT2D eigenvalue weighted by Gasteiger charge is 2.36. The number of anilines is 2. The van der Waals surface area contributed by atoms with E-state index in [-0.39, 0.29) is 11.3 Å². The molecule has 7 aromatic carbocycles. The fraction of sp³-hybridized carbons (Fsp3) is 0.155. The van der Waals surface area contributed by atoms with Crippen LogP contribution in [-0.4, -0.2) is 12.3 Å². The van der Waals surface area contributed by atoms with Crippen LogP contribution in [0.5, 0.6) is 0 Å². The molecule has 0 aromatic heterocycles. The summed E-state index contributed by atoms with van der Waals surface area (Å²) < 4.78 is 0. The van der Waals surface area contributed by atoms with E-state index in [0.717, 1.165) is 52.2 Å². The lowest BCUT2D eigenvalue weighted by Crippen LogP contribution is -2.25. The molecule has 2 heteroatoms. The van der Waals surface area contributed by atoms with Gasteiger partial charge in [-0.2, -0.15) is 0 Å². The van der Waals surface area contributed by atoms with Crippen molar-refractivity contribution in [2.75, 3.05) is 11.4 Å². The predicted octanol–water partition coefficient (Wildman–Crippen LogP) is 15.7. The first-order valence-corrected chi connectivity index (χ1v) is 21.4. The molecule has 0 radical (unpaired) electrons. The van der Waals surface area contributed by atoms with Crippen LogP contribution in [0, 0.1) is 5.92 Å². The van der Waals surface area contributed by atoms with Crippen LogP contribution in [0.4, 0.5) is 17.1 Å². The molecule has 2 nitrogen and oxygen atoms in total. The standard InChI is InChI=1S/C58H50N2/c1-7-45-40(26-23-39-24-30-47-48-31-29-44(36-53(48)58(5,6)52(47)34-39)60-33-13-16-41-14-8-11-20-55(41)60)27-28-43-35-51(46-17-9-10-18-49(46)56(43)45)50-19-12-15-42-25-22-38(4)54(59-57(42)50)32-21-37(2)3/h7-12,14-15,17-32,34-36,38H,1-2,13,16,33H2,3-6H3/b26-23+,32-21-. The molecule has 0 saturated heterocycles. The minimum atomic E-state index is -0.119. The van der Waals surface area contributed by atoms with Crippen LogP contribution in [0.25, 0.3) is 68.1 Å². The summed E-state index contributed by atoms with van der Waals surface area (Å²) in [7, 11) is 0. The Hall–Kier alpha value is -6.77. The van der Waals surface area contributed by atoms with Gasteiger partial charge in [0.15, 0.2) is 0 Å². The van der Waals surface area contributed by atoms with Gasteiger partial charge in [0, 0.05) is 46.1 Å². The van der Waals surface area contributed by atoms with Crippen molar-refractivity contribution >= 4 is 68.6 Å². The number of hydrogen-bond acceptors (Lipinski definition) is 2. The zero-order valence-electron chi connectivity index (χ0n) is 35.1. The van der Waals surface area contributed by atoms with Crippen LogP contribution in [0.15, 0.2) is 163 Å². The molecule has 0 bridgehead atoms. The number of para-hydroxylation sites is 2. The molecule has 0 N–H and O–H groups in total. The van der Waals surface area contributed by atoms with Gasteiger partial charge in [-0.15, -0.1) is 0 Å². The van der Waals surface area contributed by atoms with Crippen LogP contribution in [0.1, 0.15) is 73.1 Å². The molecular formula is C58H50N2. The van der Waals surface area contributed by atoms with Crippen molar-refractivity contribution in [1.82, 2.24) is 0 Å². The SMILES string of the molecule is C=Cc1c(/C=C/c2ccc3c(c2)C(C)(C)c2cc(N4CCCc5ccccc54)ccc2-3)ccc2cc(-c3cccc4c3N=C(/C=C\C(=C)C)C(C)C=C4)c3ccccc3c12. The molecule has 7 aromatic rings. The molecule has 0 fully saturated rings. The topological polar surface area (TPSA) is 15.6 Å². The van der Waals surface area contributed by atoms with E-state index >= 15 is 0 Å². The molecule has 1 unspecified atom stereocenters. The van der Waals surface area contributed by atoms with E-state index in [9.17, 15) is 0 Å². The van der Waals surface area contributed by atoms with E-state index in [2.05, 4.69) is 197 Å². The largest absolute Gasteiger partial charge is 0.341 e. The predicted molar refractivity (Wildman–Crippen MR) is 261 cm³/mol. The number of allylic oxidation sites excluding steroid dienone is 4. The first-order chi connectivity index (χ1) is 29.2. The van der Waals surface area contributed by atoms with Gasteiger partial charge in [-0.3, -0.25) is 4.99 Å². The second-order valence-corrected chi connectivity index (χ2v) is 17.3. The molecular weight excluding hydrogens is 725 g/mol. The maximum Gasteiger partial charge on any atom is 0.0783 e. The zero-order valence-corrected chi connectivity index (χ0v) is 35.1. The van der Waals surface area contributed by atoms with Gasteiger partial charge in [0.25, 0.3) is 0 Å². The normalized spacial score (nSPS) is 16.4. The molecule has 2 aliphatic heterocycles. The Morgan fingerprint density at radius 3 is 2.38 bits per heavy atom. The summed E-state index contributed by atoms with van der Waals surface area (Å²) in [6.45, 7) is 18.5. The Morgan fingerprint density at radius 2 is 1.55 bits per heavy atom. The van der Waals surface area contributed by atoms with E-state index in [4.69, 9.17) is 4.99 Å². The molecule has 0 amide bonds. The summed E-state index contributed by atoms with van der Waals surface area (Å²) in [5.74, 6) is 0.187. The molecule has 60 heavy (non-hydrogen) atoms. The quantitative estimate of drug-likeness (QED) is 0.0895. The van der Waals surface area contributed by atoms with Gasteiger partial charge in [0.2, 0.25) is 0 Å². The van der Waals surface area contributed by atoms with E-state index in [1.54, 1.807) is 0 Å². The maximum atomic E-state index is 5.33. The molecule has 3 aliphatic rings. The summed E-state index contributed by atoms with van der Waals surface area (Å²) in [6.07, 6.45) is 17.5. The molecule has 2 heterocycles. The van der Waals surface area contributed by atoms with Crippen LogP contribution < -0.4 is 4.90 Å². The van der Waals surface area contributed by atoms with Gasteiger partial charge >= 0.3 is 0 Å². The summed E-state index contributed by atoms with van der Waals surface area (Å²) in [5, 5.41) is 4.81. The summed E-state index contributed by atoms with van der Waals surface area (Å²) in [4.78, 5) is 7.84. The molecule has 1 atom stereocenters. The van der Waals surface area contributed by atoms with Gasteiger partial charge < -0.3 is 4.90 Å². The summed E-state index contributed by atoms with van der Waals surface area (Å²) in [6, 6.07) is 45.2. The first-order valence-electron chi connectivity index (χ1n) is 21.4. The van der Waals surface area contributed by atoms with Crippen molar-refractivity contribution in [3.8, 4) is 22.3 Å². The van der Waals surface area contributed by atoms with Crippen LogP contribution in [-0.2, 0) is 11.8 Å². The Kier molecular flexibility index (Phi) is 9.25. The van der Waals surface area contributed by atoms with Crippen molar-refractivity contribution in [3.05, 3.63) is 197 Å². The molecule has 0 saturated carbocycles. The number of aliphatic imine (C=N–C) groups is 1. The second kappa shape index (κ2) is 14.8. The number of rotatable bonds is 7. The average molecular weight is 775 g/mol. The number of aryl methyl sites for hydroxylation is 1. The summed E-state index contributed by atoms with van der Waals surface area (Å²) in [5.41, 5.74) is 19.4. The van der Waals surface area contributed by atoms with E-state index in [1.807, 2.05) is 13.0 Å². The smallest absolute Gasteiger partial charge is 0.0783 e. The molecule has 1 aliphatic carbocycles.